The second kappa shape index (κ2) is 7.01. The highest BCUT2D eigenvalue weighted by Gasteiger charge is 2.30. The summed E-state index contributed by atoms with van der Waals surface area (Å²) in [5.41, 5.74) is 5.98. The van der Waals surface area contributed by atoms with Gasteiger partial charge in [0.1, 0.15) is 5.82 Å². The van der Waals surface area contributed by atoms with Crippen LogP contribution in [0.3, 0.4) is 0 Å². The first-order chi connectivity index (χ1) is 13.0. The Morgan fingerprint density at radius 3 is 2.70 bits per heavy atom. The second-order valence-corrected chi connectivity index (χ2v) is 7.96. The van der Waals surface area contributed by atoms with Crippen LogP contribution in [-0.2, 0) is 0 Å². The minimum Gasteiger partial charge on any atom is -0.388 e. The molecule has 1 aromatic heterocycles. The summed E-state index contributed by atoms with van der Waals surface area (Å²) >= 11 is 1.71. The number of benzene rings is 2. The maximum absolute atomic E-state index is 15.3. The molecule has 0 atom stereocenters. The fourth-order valence-corrected chi connectivity index (χ4v) is 4.19. The first-order valence-electron chi connectivity index (χ1n) is 9.18. The summed E-state index contributed by atoms with van der Waals surface area (Å²) in [5, 5.41) is 4.14. The number of nitrogens with zero attached hydrogens (tertiary/aromatic N) is 1. The van der Waals surface area contributed by atoms with E-state index in [1.54, 1.807) is 18.8 Å². The van der Waals surface area contributed by atoms with Crippen LogP contribution in [-0.4, -0.2) is 18.3 Å². The van der Waals surface area contributed by atoms with Gasteiger partial charge in [-0.25, -0.2) is 4.39 Å². The summed E-state index contributed by atoms with van der Waals surface area (Å²) in [6.45, 7) is 6.03. The van der Waals surface area contributed by atoms with E-state index >= 15 is 4.39 Å². The van der Waals surface area contributed by atoms with Crippen LogP contribution in [0.15, 0.2) is 48.0 Å². The molecule has 1 saturated carbocycles. The van der Waals surface area contributed by atoms with E-state index in [9.17, 15) is 0 Å². The number of thioether (sulfide) groups is 1. The van der Waals surface area contributed by atoms with Crippen LogP contribution in [0, 0.1) is 12.7 Å². The molecule has 0 spiro atoms. The molecule has 27 heavy (non-hydrogen) atoms. The number of hydrogen-bond donors (Lipinski definition) is 1. The van der Waals surface area contributed by atoms with Gasteiger partial charge in [0.2, 0.25) is 0 Å². The van der Waals surface area contributed by atoms with Gasteiger partial charge in [0.25, 0.3) is 0 Å². The van der Waals surface area contributed by atoms with E-state index in [0.717, 1.165) is 46.0 Å². The summed E-state index contributed by atoms with van der Waals surface area (Å²) in [5.74, 6) is 0.187. The molecule has 3 aromatic rings. The average Bonchev–Trinajstić information content (AvgIpc) is 3.52. The Balaban J connectivity index is 2.06. The summed E-state index contributed by atoms with van der Waals surface area (Å²) in [7, 11) is 1.79. The van der Waals surface area contributed by atoms with Crippen molar-refractivity contribution in [3.8, 4) is 11.1 Å². The van der Waals surface area contributed by atoms with Crippen molar-refractivity contribution in [1.29, 1.82) is 0 Å². The molecule has 2 nitrogen and oxygen atoms in total. The van der Waals surface area contributed by atoms with Gasteiger partial charge in [-0.15, -0.1) is 11.8 Å². The molecule has 1 aliphatic rings. The Morgan fingerprint density at radius 1 is 1.26 bits per heavy atom. The maximum atomic E-state index is 15.3. The zero-order valence-electron chi connectivity index (χ0n) is 15.9. The van der Waals surface area contributed by atoms with E-state index in [4.69, 9.17) is 0 Å². The molecule has 0 aliphatic heterocycles. The van der Waals surface area contributed by atoms with Gasteiger partial charge in [-0.1, -0.05) is 12.6 Å². The topological polar surface area (TPSA) is 24.9 Å². The smallest absolute Gasteiger partial charge is 0.136 e. The number of aromatic nitrogens is 1. The quantitative estimate of drug-likeness (QED) is 0.540. The van der Waals surface area contributed by atoms with Crippen molar-refractivity contribution >= 4 is 28.4 Å². The van der Waals surface area contributed by atoms with Gasteiger partial charge in [-0.05, 0) is 72.9 Å². The van der Waals surface area contributed by atoms with Gasteiger partial charge in [0, 0.05) is 40.4 Å². The third-order valence-corrected chi connectivity index (χ3v) is 6.08. The van der Waals surface area contributed by atoms with Gasteiger partial charge >= 0.3 is 0 Å². The van der Waals surface area contributed by atoms with Gasteiger partial charge in [0.15, 0.2) is 0 Å². The number of hydrogen-bond acceptors (Lipinski definition) is 3. The molecular weight excluding hydrogens is 355 g/mol. The molecule has 1 heterocycles. The van der Waals surface area contributed by atoms with E-state index in [0.29, 0.717) is 17.2 Å². The number of halogens is 1. The van der Waals surface area contributed by atoms with E-state index in [-0.39, 0.29) is 5.82 Å². The molecule has 4 heteroatoms. The molecular formula is C23H23FN2S. The van der Waals surface area contributed by atoms with Gasteiger partial charge < -0.3 is 5.32 Å². The molecule has 1 aliphatic carbocycles. The number of nitrogens with one attached hydrogen (secondary N) is 1. The first kappa shape index (κ1) is 18.1. The third kappa shape index (κ3) is 3.12. The Labute approximate surface area is 163 Å². The van der Waals surface area contributed by atoms with Crippen LogP contribution in [0.2, 0.25) is 0 Å². The van der Waals surface area contributed by atoms with Crippen LogP contribution in [0.5, 0.6) is 0 Å². The van der Waals surface area contributed by atoms with Crippen LogP contribution in [0.25, 0.3) is 27.7 Å². The van der Waals surface area contributed by atoms with Crippen molar-refractivity contribution in [3.63, 3.8) is 0 Å². The van der Waals surface area contributed by atoms with Crippen LogP contribution >= 0.6 is 11.8 Å². The highest BCUT2D eigenvalue weighted by Crippen LogP contribution is 2.46. The van der Waals surface area contributed by atoms with Crippen molar-refractivity contribution in [2.45, 2.75) is 30.6 Å². The highest BCUT2D eigenvalue weighted by molar-refractivity contribution is 7.98. The van der Waals surface area contributed by atoms with E-state index < -0.39 is 0 Å². The summed E-state index contributed by atoms with van der Waals surface area (Å²) in [4.78, 5) is 5.82. The lowest BCUT2D eigenvalue weighted by Gasteiger charge is -2.19. The normalized spacial score (nSPS) is 13.8. The lowest BCUT2D eigenvalue weighted by Crippen LogP contribution is -2.09. The summed E-state index contributed by atoms with van der Waals surface area (Å²) < 4.78 is 15.3. The van der Waals surface area contributed by atoms with E-state index in [2.05, 4.69) is 41.3 Å². The predicted octanol–water partition coefficient (Wildman–Crippen LogP) is 6.14. The zero-order valence-corrected chi connectivity index (χ0v) is 16.7. The Hall–Kier alpha value is -2.33. The van der Waals surface area contributed by atoms with Gasteiger partial charge in [-0.2, -0.15) is 0 Å². The molecule has 1 fully saturated rings. The standard InChI is InChI=1S/C23H23FN2S/c1-13-18(12-19(15-7-8-15)22(24)21(13)14(2)25-3)20-11-17(27-4)10-16-6-5-9-26-23(16)20/h5-6,9-12,15,25H,2,7-8H2,1,3-4H3. The average molecular weight is 379 g/mol. The minimum atomic E-state index is -0.128. The molecule has 0 radical (unpaired) electrons. The Kier molecular flexibility index (Phi) is 4.68. The van der Waals surface area contributed by atoms with Crippen molar-refractivity contribution in [1.82, 2.24) is 10.3 Å². The van der Waals surface area contributed by atoms with Gasteiger partial charge in [-0.3, -0.25) is 4.98 Å². The van der Waals surface area contributed by atoms with E-state index in [1.165, 1.54) is 4.90 Å². The SMILES string of the molecule is C=C(NC)c1c(C)c(-c2cc(SC)cc3cccnc23)cc(C2CC2)c1F. The lowest BCUT2D eigenvalue weighted by atomic mass is 9.89. The molecule has 0 unspecified atom stereocenters. The van der Waals surface area contributed by atoms with Crippen molar-refractivity contribution in [2.75, 3.05) is 13.3 Å². The molecule has 0 amide bonds. The van der Waals surface area contributed by atoms with Crippen molar-refractivity contribution in [3.05, 3.63) is 65.6 Å². The number of rotatable bonds is 5. The Bertz CT molecular complexity index is 1050. The molecule has 1 N–H and O–H groups in total. The molecule has 2 aromatic carbocycles. The largest absolute Gasteiger partial charge is 0.388 e. The molecule has 0 bridgehead atoms. The second-order valence-electron chi connectivity index (χ2n) is 7.08. The van der Waals surface area contributed by atoms with E-state index in [1.807, 2.05) is 25.3 Å². The fraction of sp³-hybridized carbons (Fsp3) is 0.261. The molecule has 138 valence electrons. The summed E-state index contributed by atoms with van der Waals surface area (Å²) in [6, 6.07) is 10.4. The minimum absolute atomic E-state index is 0.128. The first-order valence-corrected chi connectivity index (χ1v) is 10.4. The number of pyridine rings is 1. The third-order valence-electron chi connectivity index (χ3n) is 5.38. The Morgan fingerprint density at radius 2 is 2.04 bits per heavy atom. The molecule has 4 rings (SSSR count). The fourth-order valence-electron chi connectivity index (χ4n) is 3.71. The maximum Gasteiger partial charge on any atom is 0.136 e. The van der Waals surface area contributed by atoms with Crippen LogP contribution in [0.1, 0.15) is 35.4 Å². The highest BCUT2D eigenvalue weighted by atomic mass is 32.2. The lowest BCUT2D eigenvalue weighted by molar-refractivity contribution is 0.605. The monoisotopic (exact) mass is 378 g/mol. The zero-order chi connectivity index (χ0) is 19.1. The predicted molar refractivity (Wildman–Crippen MR) is 114 cm³/mol. The number of fused-ring (bicyclic) bond motifs is 1. The van der Waals surface area contributed by atoms with Crippen LogP contribution in [0.4, 0.5) is 4.39 Å². The summed E-state index contributed by atoms with van der Waals surface area (Å²) in [6.07, 6.45) is 5.99. The van der Waals surface area contributed by atoms with Crippen LogP contribution < -0.4 is 5.32 Å². The van der Waals surface area contributed by atoms with Crippen molar-refractivity contribution in [2.24, 2.45) is 0 Å². The van der Waals surface area contributed by atoms with Crippen molar-refractivity contribution < 1.29 is 4.39 Å². The molecule has 0 saturated heterocycles. The van der Waals surface area contributed by atoms with Gasteiger partial charge in [0.05, 0.1) is 5.52 Å².